The van der Waals surface area contributed by atoms with Crippen molar-refractivity contribution >= 4 is 38.7 Å². The largest absolute Gasteiger partial charge is 0.392 e. The predicted octanol–water partition coefficient (Wildman–Crippen LogP) is 3.97. The normalized spacial score (nSPS) is 11.1. The number of aromatic amines is 1. The molecule has 0 aliphatic rings. The SMILES string of the molecule is OCc1ccc(Sc2nc3ccccc3[nH]2)cc1Br. The lowest BCUT2D eigenvalue weighted by Gasteiger charge is -2.03. The van der Waals surface area contributed by atoms with E-state index in [-0.39, 0.29) is 6.61 Å². The number of imidazole rings is 1. The van der Waals surface area contributed by atoms with Gasteiger partial charge in [0.05, 0.1) is 17.6 Å². The molecule has 0 aliphatic heterocycles. The second-order valence-corrected chi connectivity index (χ2v) is 5.99. The third-order valence-electron chi connectivity index (χ3n) is 2.78. The molecule has 0 spiro atoms. The molecule has 96 valence electrons. The summed E-state index contributed by atoms with van der Waals surface area (Å²) in [6.07, 6.45) is 0. The molecule has 0 saturated heterocycles. The number of fused-ring (bicyclic) bond motifs is 1. The summed E-state index contributed by atoms with van der Waals surface area (Å²) < 4.78 is 0.913. The van der Waals surface area contributed by atoms with Crippen molar-refractivity contribution in [3.05, 3.63) is 52.5 Å². The fraction of sp³-hybridized carbons (Fsp3) is 0.0714. The first-order chi connectivity index (χ1) is 9.26. The Morgan fingerprint density at radius 3 is 2.79 bits per heavy atom. The molecule has 0 aliphatic carbocycles. The van der Waals surface area contributed by atoms with Gasteiger partial charge in [0.1, 0.15) is 0 Å². The van der Waals surface area contributed by atoms with Gasteiger partial charge >= 0.3 is 0 Å². The minimum Gasteiger partial charge on any atom is -0.392 e. The number of hydrogen-bond donors (Lipinski definition) is 2. The third-order valence-corrected chi connectivity index (χ3v) is 4.39. The highest BCUT2D eigenvalue weighted by Crippen LogP contribution is 2.30. The fourth-order valence-electron chi connectivity index (χ4n) is 1.81. The van der Waals surface area contributed by atoms with Gasteiger partial charge in [0.2, 0.25) is 0 Å². The Hall–Kier alpha value is -1.30. The molecule has 0 unspecified atom stereocenters. The number of nitrogens with zero attached hydrogens (tertiary/aromatic N) is 1. The maximum absolute atomic E-state index is 9.14. The average molecular weight is 335 g/mol. The molecule has 0 bridgehead atoms. The highest BCUT2D eigenvalue weighted by Gasteiger charge is 2.06. The zero-order valence-corrected chi connectivity index (χ0v) is 12.3. The molecule has 0 fully saturated rings. The van der Waals surface area contributed by atoms with E-state index >= 15 is 0 Å². The number of aliphatic hydroxyl groups excluding tert-OH is 1. The summed E-state index contributed by atoms with van der Waals surface area (Å²) in [5, 5.41) is 10.0. The molecule has 3 rings (SSSR count). The van der Waals surface area contributed by atoms with Crippen LogP contribution in [-0.4, -0.2) is 15.1 Å². The number of nitrogens with one attached hydrogen (secondary N) is 1. The van der Waals surface area contributed by atoms with Crippen molar-refractivity contribution in [3.63, 3.8) is 0 Å². The van der Waals surface area contributed by atoms with Gasteiger partial charge in [-0.2, -0.15) is 0 Å². The molecule has 0 amide bonds. The maximum atomic E-state index is 9.14. The number of aromatic nitrogens is 2. The third kappa shape index (κ3) is 2.68. The Bertz CT molecular complexity index is 693. The lowest BCUT2D eigenvalue weighted by atomic mass is 10.2. The van der Waals surface area contributed by atoms with E-state index in [1.807, 2.05) is 42.5 Å². The molecule has 1 aromatic heterocycles. The molecular formula is C14H11BrN2OS. The van der Waals surface area contributed by atoms with Gasteiger partial charge in [-0.1, -0.05) is 45.9 Å². The molecule has 19 heavy (non-hydrogen) atoms. The van der Waals surface area contributed by atoms with Crippen LogP contribution in [0.25, 0.3) is 11.0 Å². The topological polar surface area (TPSA) is 48.9 Å². The van der Waals surface area contributed by atoms with Crippen LogP contribution in [0.15, 0.2) is 57.0 Å². The van der Waals surface area contributed by atoms with Crippen LogP contribution >= 0.6 is 27.7 Å². The fourth-order valence-corrected chi connectivity index (χ4v) is 3.31. The first-order valence-electron chi connectivity index (χ1n) is 5.78. The second kappa shape index (κ2) is 5.36. The van der Waals surface area contributed by atoms with Gasteiger partial charge in [0.15, 0.2) is 5.16 Å². The molecule has 3 nitrogen and oxygen atoms in total. The zero-order valence-electron chi connectivity index (χ0n) is 9.93. The first-order valence-corrected chi connectivity index (χ1v) is 7.39. The Kier molecular flexibility index (Phi) is 3.59. The van der Waals surface area contributed by atoms with Crippen LogP contribution in [0.1, 0.15) is 5.56 Å². The van der Waals surface area contributed by atoms with Crippen LogP contribution in [0.3, 0.4) is 0 Å². The van der Waals surface area contributed by atoms with E-state index in [0.29, 0.717) is 0 Å². The Labute approximate surface area is 123 Å². The van der Waals surface area contributed by atoms with Gasteiger partial charge in [0, 0.05) is 9.37 Å². The van der Waals surface area contributed by atoms with E-state index in [0.717, 1.165) is 31.1 Å². The number of benzene rings is 2. The van der Waals surface area contributed by atoms with Crippen molar-refractivity contribution in [3.8, 4) is 0 Å². The average Bonchev–Trinajstić information content (AvgIpc) is 2.81. The number of para-hydroxylation sites is 2. The van der Waals surface area contributed by atoms with Gasteiger partial charge in [-0.25, -0.2) is 4.98 Å². The minimum atomic E-state index is 0.0379. The summed E-state index contributed by atoms with van der Waals surface area (Å²) in [4.78, 5) is 8.87. The Balaban J connectivity index is 1.90. The van der Waals surface area contributed by atoms with E-state index in [9.17, 15) is 0 Å². The molecule has 0 atom stereocenters. The van der Waals surface area contributed by atoms with Crippen LogP contribution in [0.2, 0.25) is 0 Å². The van der Waals surface area contributed by atoms with Crippen molar-refractivity contribution in [1.82, 2.24) is 9.97 Å². The summed E-state index contributed by atoms with van der Waals surface area (Å²) in [5.74, 6) is 0. The number of aliphatic hydroxyl groups is 1. The monoisotopic (exact) mass is 334 g/mol. The first kappa shape index (κ1) is 12.7. The highest BCUT2D eigenvalue weighted by atomic mass is 79.9. The van der Waals surface area contributed by atoms with Crippen molar-refractivity contribution < 1.29 is 5.11 Å². The van der Waals surface area contributed by atoms with E-state index in [1.165, 1.54) is 0 Å². The Morgan fingerprint density at radius 1 is 1.21 bits per heavy atom. The van der Waals surface area contributed by atoms with Gasteiger partial charge in [0.25, 0.3) is 0 Å². The Morgan fingerprint density at radius 2 is 2.05 bits per heavy atom. The van der Waals surface area contributed by atoms with E-state index in [1.54, 1.807) is 11.8 Å². The van der Waals surface area contributed by atoms with Crippen molar-refractivity contribution in [1.29, 1.82) is 0 Å². The van der Waals surface area contributed by atoms with Gasteiger partial charge in [-0.15, -0.1) is 0 Å². The number of H-pyrrole nitrogens is 1. The molecule has 1 heterocycles. The summed E-state index contributed by atoms with van der Waals surface area (Å²) in [5.41, 5.74) is 2.89. The quantitative estimate of drug-likeness (QED) is 0.761. The minimum absolute atomic E-state index is 0.0379. The smallest absolute Gasteiger partial charge is 0.171 e. The van der Waals surface area contributed by atoms with Gasteiger partial charge < -0.3 is 10.1 Å². The van der Waals surface area contributed by atoms with Crippen LogP contribution < -0.4 is 0 Å². The lowest BCUT2D eigenvalue weighted by Crippen LogP contribution is -1.85. The van der Waals surface area contributed by atoms with Crippen molar-refractivity contribution in [2.75, 3.05) is 0 Å². The molecular weight excluding hydrogens is 324 g/mol. The van der Waals surface area contributed by atoms with Gasteiger partial charge in [-0.3, -0.25) is 0 Å². The van der Waals surface area contributed by atoms with E-state index < -0.39 is 0 Å². The summed E-state index contributed by atoms with van der Waals surface area (Å²) in [7, 11) is 0. The zero-order chi connectivity index (χ0) is 13.2. The van der Waals surface area contributed by atoms with Crippen LogP contribution in [-0.2, 0) is 6.61 Å². The van der Waals surface area contributed by atoms with Crippen LogP contribution in [0, 0.1) is 0 Å². The molecule has 0 radical (unpaired) electrons. The molecule has 0 saturated carbocycles. The van der Waals surface area contributed by atoms with E-state index in [2.05, 4.69) is 25.9 Å². The van der Waals surface area contributed by atoms with Crippen molar-refractivity contribution in [2.45, 2.75) is 16.7 Å². The molecule has 5 heteroatoms. The summed E-state index contributed by atoms with van der Waals surface area (Å²) >= 11 is 5.02. The van der Waals surface area contributed by atoms with Crippen LogP contribution in [0.4, 0.5) is 0 Å². The maximum Gasteiger partial charge on any atom is 0.171 e. The summed E-state index contributed by atoms with van der Waals surface area (Å²) in [6, 6.07) is 13.8. The molecule has 2 N–H and O–H groups in total. The second-order valence-electron chi connectivity index (χ2n) is 4.07. The molecule has 3 aromatic rings. The standard InChI is InChI=1S/C14H11BrN2OS/c15-11-7-10(6-5-9(11)8-18)19-14-16-12-3-1-2-4-13(12)17-14/h1-7,18H,8H2,(H,16,17). The number of halogens is 1. The van der Waals surface area contributed by atoms with E-state index in [4.69, 9.17) is 5.11 Å². The number of hydrogen-bond acceptors (Lipinski definition) is 3. The van der Waals surface area contributed by atoms with Crippen molar-refractivity contribution in [2.24, 2.45) is 0 Å². The number of rotatable bonds is 3. The predicted molar refractivity (Wildman–Crippen MR) is 80.3 cm³/mol. The van der Waals surface area contributed by atoms with Crippen LogP contribution in [0.5, 0.6) is 0 Å². The lowest BCUT2D eigenvalue weighted by molar-refractivity contribution is 0.281. The van der Waals surface area contributed by atoms with Gasteiger partial charge in [-0.05, 0) is 29.8 Å². The highest BCUT2D eigenvalue weighted by molar-refractivity contribution is 9.10. The summed E-state index contributed by atoms with van der Waals surface area (Å²) in [6.45, 7) is 0.0379. The molecule has 2 aromatic carbocycles.